The Morgan fingerprint density at radius 1 is 1.23 bits per heavy atom. The zero-order valence-corrected chi connectivity index (χ0v) is 16.9. The van der Waals surface area contributed by atoms with Crippen molar-refractivity contribution in [3.8, 4) is 6.07 Å². The zero-order chi connectivity index (χ0) is 21.6. The first-order valence-electron chi connectivity index (χ1n) is 10.0. The Hall–Kier alpha value is -3.40. The molecule has 2 aliphatic rings. The predicted octanol–water partition coefficient (Wildman–Crippen LogP) is 3.73. The largest absolute Gasteiger partial charge is 0.378 e. The second-order valence-corrected chi connectivity index (χ2v) is 8.14. The summed E-state index contributed by atoms with van der Waals surface area (Å²) in [6.07, 6.45) is 2.12. The summed E-state index contributed by atoms with van der Waals surface area (Å²) in [6, 6.07) is 11.1. The van der Waals surface area contributed by atoms with E-state index in [9.17, 15) is 14.0 Å². The molecule has 0 spiro atoms. The number of nitrogens with zero attached hydrogens (tertiary/aromatic N) is 2. The zero-order valence-electron chi connectivity index (χ0n) is 16.9. The summed E-state index contributed by atoms with van der Waals surface area (Å²) in [5.74, 6) is -0.770. The van der Waals surface area contributed by atoms with Gasteiger partial charge in [0.1, 0.15) is 11.9 Å². The third-order valence-corrected chi connectivity index (χ3v) is 6.13. The summed E-state index contributed by atoms with van der Waals surface area (Å²) in [5.41, 5.74) is 7.87. The average molecular weight is 406 g/mol. The van der Waals surface area contributed by atoms with E-state index in [1.165, 1.54) is 12.1 Å². The van der Waals surface area contributed by atoms with Crippen LogP contribution in [-0.2, 0) is 4.79 Å². The molecular weight excluding hydrogens is 383 g/mol. The van der Waals surface area contributed by atoms with Crippen molar-refractivity contribution >= 4 is 23.2 Å². The van der Waals surface area contributed by atoms with Gasteiger partial charge in [-0.15, -0.1) is 0 Å². The molecule has 1 aliphatic heterocycles. The number of rotatable bonds is 4. The van der Waals surface area contributed by atoms with Gasteiger partial charge < -0.3 is 16.0 Å². The van der Waals surface area contributed by atoms with Crippen LogP contribution in [0.25, 0.3) is 0 Å². The molecule has 2 aromatic carbocycles. The molecule has 0 radical (unpaired) electrons. The smallest absolute Gasteiger partial charge is 0.248 e. The van der Waals surface area contributed by atoms with Gasteiger partial charge in [-0.25, -0.2) is 4.39 Å². The van der Waals surface area contributed by atoms with Crippen molar-refractivity contribution in [2.75, 3.05) is 10.2 Å². The molecule has 1 saturated carbocycles. The molecule has 1 heterocycles. The second kappa shape index (κ2) is 7.45. The molecule has 3 N–H and O–H groups in total. The van der Waals surface area contributed by atoms with Crippen molar-refractivity contribution in [3.63, 3.8) is 0 Å². The number of amides is 2. The molecule has 0 bridgehead atoms. The minimum atomic E-state index is -0.596. The molecule has 3 atom stereocenters. The van der Waals surface area contributed by atoms with E-state index in [1.807, 2.05) is 11.0 Å². The topological polar surface area (TPSA) is 99.2 Å². The predicted molar refractivity (Wildman–Crippen MR) is 111 cm³/mol. The number of nitriles is 1. The van der Waals surface area contributed by atoms with Crippen LogP contribution in [0.2, 0.25) is 0 Å². The summed E-state index contributed by atoms with van der Waals surface area (Å²) < 4.78 is 14.2. The first-order chi connectivity index (χ1) is 14.3. The summed E-state index contributed by atoms with van der Waals surface area (Å²) in [6.45, 7) is 3.62. The quantitative estimate of drug-likeness (QED) is 0.808. The van der Waals surface area contributed by atoms with Crippen LogP contribution < -0.4 is 16.0 Å². The van der Waals surface area contributed by atoms with E-state index in [0.29, 0.717) is 17.2 Å². The summed E-state index contributed by atoms with van der Waals surface area (Å²) in [4.78, 5) is 26.2. The van der Waals surface area contributed by atoms with Gasteiger partial charge in [-0.05, 0) is 60.7 Å². The number of hydrogen-bond donors (Lipinski definition) is 2. The van der Waals surface area contributed by atoms with Crippen molar-refractivity contribution in [2.24, 2.45) is 17.6 Å². The first kappa shape index (κ1) is 19.9. The lowest BCUT2D eigenvalue weighted by atomic mass is 9.79. The molecule has 0 aromatic heterocycles. The van der Waals surface area contributed by atoms with E-state index in [0.717, 1.165) is 24.1 Å². The number of primary amides is 1. The normalized spacial score (nSPS) is 22.7. The fourth-order valence-corrected chi connectivity index (χ4v) is 4.59. The van der Waals surface area contributed by atoms with E-state index in [1.54, 1.807) is 31.2 Å². The molecule has 4 rings (SSSR count). The van der Waals surface area contributed by atoms with Crippen LogP contribution in [0.3, 0.4) is 0 Å². The van der Waals surface area contributed by atoms with Crippen molar-refractivity contribution in [2.45, 2.75) is 38.8 Å². The molecular formula is C23H23FN4O2. The van der Waals surface area contributed by atoms with Crippen LogP contribution in [0, 0.1) is 29.0 Å². The van der Waals surface area contributed by atoms with Crippen molar-refractivity contribution in [1.82, 2.24) is 0 Å². The Kier molecular flexibility index (Phi) is 4.94. The van der Waals surface area contributed by atoms with Gasteiger partial charge in [0.15, 0.2) is 0 Å². The highest BCUT2D eigenvalue weighted by molar-refractivity contribution is 5.97. The molecule has 6 nitrogen and oxygen atoms in total. The molecule has 0 saturated heterocycles. The van der Waals surface area contributed by atoms with Crippen molar-refractivity contribution in [1.29, 1.82) is 5.26 Å². The lowest BCUT2D eigenvalue weighted by Gasteiger charge is -2.46. The minimum Gasteiger partial charge on any atom is -0.378 e. The number of nitrogens with two attached hydrogens (primary N) is 1. The van der Waals surface area contributed by atoms with E-state index in [-0.39, 0.29) is 29.5 Å². The number of nitrogens with one attached hydrogen (secondary N) is 1. The fourth-order valence-electron chi connectivity index (χ4n) is 4.59. The van der Waals surface area contributed by atoms with Crippen LogP contribution in [0.5, 0.6) is 0 Å². The van der Waals surface area contributed by atoms with Gasteiger partial charge in [-0.2, -0.15) is 5.26 Å². The molecule has 2 aromatic rings. The van der Waals surface area contributed by atoms with Gasteiger partial charge in [0, 0.05) is 35.8 Å². The number of hydrogen-bond acceptors (Lipinski definition) is 4. The van der Waals surface area contributed by atoms with E-state index in [2.05, 4.69) is 12.2 Å². The summed E-state index contributed by atoms with van der Waals surface area (Å²) in [7, 11) is 0. The lowest BCUT2D eigenvalue weighted by molar-refractivity contribution is -0.117. The minimum absolute atomic E-state index is 0.00940. The van der Waals surface area contributed by atoms with Gasteiger partial charge in [-0.1, -0.05) is 6.92 Å². The Morgan fingerprint density at radius 2 is 1.97 bits per heavy atom. The monoisotopic (exact) mass is 406 g/mol. The van der Waals surface area contributed by atoms with Gasteiger partial charge in [0.2, 0.25) is 11.8 Å². The number of carbonyl (C=O) groups excluding carboxylic acids is 2. The summed E-state index contributed by atoms with van der Waals surface area (Å²) >= 11 is 0. The molecule has 7 heteroatoms. The molecule has 1 fully saturated rings. The van der Waals surface area contributed by atoms with E-state index >= 15 is 0 Å². The maximum Gasteiger partial charge on any atom is 0.248 e. The Labute approximate surface area is 174 Å². The Balaban J connectivity index is 1.82. The maximum absolute atomic E-state index is 14.2. The standard InChI is InChI=1S/C23H23FN4O2/c1-12-21(27-17-7-5-16(11-25)19(24)10-17)18-9-15(23(26)30)6-8-20(18)28(13(2)29)22(12)14-3-4-14/h5-10,12,14,21-22,27H,3-4H2,1-2H3,(H2,26,30)/t12-,21-,22-/m1/s1. The van der Waals surface area contributed by atoms with Gasteiger partial charge in [-0.3, -0.25) is 9.59 Å². The van der Waals surface area contributed by atoms with Crippen LogP contribution in [0.4, 0.5) is 15.8 Å². The SMILES string of the molecule is CC(=O)N1c2ccc(C(N)=O)cc2[C@H](Nc2ccc(C#N)c(F)c2)[C@@H](C)[C@@H]1C1CC1. The Morgan fingerprint density at radius 3 is 2.53 bits per heavy atom. The lowest BCUT2D eigenvalue weighted by Crippen LogP contribution is -2.51. The number of anilines is 2. The maximum atomic E-state index is 14.2. The van der Waals surface area contributed by atoms with Gasteiger partial charge in [0.25, 0.3) is 0 Å². The highest BCUT2D eigenvalue weighted by Gasteiger charge is 2.47. The molecule has 1 aliphatic carbocycles. The average Bonchev–Trinajstić information content (AvgIpc) is 3.54. The van der Waals surface area contributed by atoms with Crippen molar-refractivity contribution < 1.29 is 14.0 Å². The molecule has 30 heavy (non-hydrogen) atoms. The number of carbonyl (C=O) groups is 2. The Bertz CT molecular complexity index is 1070. The van der Waals surface area contributed by atoms with Crippen LogP contribution in [-0.4, -0.2) is 17.9 Å². The third kappa shape index (κ3) is 3.39. The number of halogens is 1. The highest BCUT2D eigenvalue weighted by Crippen LogP contribution is 2.50. The number of benzene rings is 2. The van der Waals surface area contributed by atoms with Crippen LogP contribution in [0.15, 0.2) is 36.4 Å². The van der Waals surface area contributed by atoms with Crippen LogP contribution >= 0.6 is 0 Å². The molecule has 2 amide bonds. The first-order valence-corrected chi connectivity index (χ1v) is 10.0. The summed E-state index contributed by atoms with van der Waals surface area (Å²) in [5, 5.41) is 12.4. The van der Waals surface area contributed by atoms with E-state index < -0.39 is 11.7 Å². The van der Waals surface area contributed by atoms with Gasteiger partial charge in [0.05, 0.1) is 11.6 Å². The highest BCUT2D eigenvalue weighted by atomic mass is 19.1. The third-order valence-electron chi connectivity index (χ3n) is 6.13. The van der Waals surface area contributed by atoms with Crippen LogP contribution in [0.1, 0.15) is 54.2 Å². The molecule has 0 unspecified atom stereocenters. The molecule has 154 valence electrons. The second-order valence-electron chi connectivity index (χ2n) is 8.14. The van der Waals surface area contributed by atoms with Gasteiger partial charge >= 0.3 is 0 Å². The fraction of sp³-hybridized carbons (Fsp3) is 0.348. The number of fused-ring (bicyclic) bond motifs is 1. The van der Waals surface area contributed by atoms with E-state index in [4.69, 9.17) is 11.0 Å². The van der Waals surface area contributed by atoms with Crippen molar-refractivity contribution in [3.05, 3.63) is 58.9 Å².